The highest BCUT2D eigenvalue weighted by Crippen LogP contribution is 2.48. The molecule has 3 N–H and O–H groups in total. The minimum atomic E-state index is -1.07. The number of anilines is 2. The number of nitrogens with one attached hydrogen (secondary N) is 3. The van der Waals surface area contributed by atoms with Crippen LogP contribution in [0.5, 0.6) is 0 Å². The van der Waals surface area contributed by atoms with Gasteiger partial charge in [0.25, 0.3) is 0 Å². The van der Waals surface area contributed by atoms with Crippen LogP contribution in [0.15, 0.2) is 88.7 Å². The van der Waals surface area contributed by atoms with Gasteiger partial charge >= 0.3 is 6.03 Å². The van der Waals surface area contributed by atoms with E-state index in [4.69, 9.17) is 0 Å². The third-order valence-corrected chi connectivity index (χ3v) is 11.5. The van der Waals surface area contributed by atoms with Gasteiger partial charge in [-0.1, -0.05) is 94.1 Å². The molecule has 52 heavy (non-hydrogen) atoms. The number of para-hydroxylation sites is 2. The zero-order valence-corrected chi connectivity index (χ0v) is 32.3. The van der Waals surface area contributed by atoms with Crippen molar-refractivity contribution in [1.29, 1.82) is 0 Å². The maximum absolute atomic E-state index is 12.0. The predicted molar refractivity (Wildman–Crippen MR) is 206 cm³/mol. The lowest BCUT2D eigenvalue weighted by molar-refractivity contribution is -0.145. The molecule has 6 rings (SSSR count). The van der Waals surface area contributed by atoms with Crippen LogP contribution in [0, 0.1) is 11.3 Å². The lowest BCUT2D eigenvalue weighted by Gasteiger charge is -2.36. The number of barbiturate groups is 1. The van der Waals surface area contributed by atoms with Gasteiger partial charge in [-0.15, -0.1) is 0 Å². The fourth-order valence-corrected chi connectivity index (χ4v) is 7.66. The molecule has 6 amide bonds. The fraction of sp³-hybridized carbons (Fsp3) is 0.439. The lowest BCUT2D eigenvalue weighted by Crippen LogP contribution is -2.62. The van der Waals surface area contributed by atoms with E-state index in [1.165, 1.54) is 21.2 Å². The molecule has 0 spiro atoms. The Kier molecular flexibility index (Phi) is 13.8. The molecule has 278 valence electrons. The summed E-state index contributed by atoms with van der Waals surface area (Å²) < 4.78 is 0. The van der Waals surface area contributed by atoms with Gasteiger partial charge in [-0.2, -0.15) is 0 Å². The Bertz CT molecular complexity index is 1680. The summed E-state index contributed by atoms with van der Waals surface area (Å²) in [6, 6.07) is 26.8. The monoisotopic (exact) mass is 727 g/mol. The standard InChI is InChI=1S/C17H20N2S.C13H15NO2.C11H18N2O3/c1-13(18(2)3)12-19-14-8-4-6-10-16(14)20-17-11-7-5-9-15(17)19;1-2-13(10-6-4-3-5-7-10)9-8-11(15)14-12(13)16;1-4-11(6-5-7(2)3)8(14)12-10(16)13-9(11)15/h4-11,13H,12H2,1-3H3;3-7H,2,8-9H2,1H3,(H,14,15,16);7H,4-6H2,1-3H3,(H2,12,13,14,15,16). The SMILES string of the molecule is CC(CN1c2ccccc2Sc2ccccc21)N(C)C.CCC1(CCC(C)C)C(=O)NC(=O)NC1=O.CCC1(c2ccccc2)CCC(=O)NC1=O. The molecule has 0 saturated carbocycles. The van der Waals surface area contributed by atoms with Crippen LogP contribution < -0.4 is 20.9 Å². The number of rotatable bonds is 9. The molecule has 10 nitrogen and oxygen atoms in total. The second-order valence-electron chi connectivity index (χ2n) is 14.2. The Labute approximate surface area is 312 Å². The number of carbonyl (C=O) groups is 5. The molecular formula is C41H53N5O5S. The van der Waals surface area contributed by atoms with Gasteiger partial charge in [0.1, 0.15) is 5.41 Å². The van der Waals surface area contributed by atoms with E-state index in [-0.39, 0.29) is 11.8 Å². The van der Waals surface area contributed by atoms with Gasteiger partial charge in [-0.25, -0.2) is 4.79 Å². The van der Waals surface area contributed by atoms with E-state index in [1.54, 1.807) is 6.92 Å². The molecule has 3 aliphatic rings. The van der Waals surface area contributed by atoms with Crippen molar-refractivity contribution in [1.82, 2.24) is 20.9 Å². The van der Waals surface area contributed by atoms with Gasteiger partial charge in [0, 0.05) is 28.8 Å². The summed E-state index contributed by atoms with van der Waals surface area (Å²) >= 11 is 1.87. The van der Waals surface area contributed by atoms with Crippen LogP contribution in [0.2, 0.25) is 0 Å². The van der Waals surface area contributed by atoms with Crippen molar-refractivity contribution in [3.8, 4) is 0 Å². The number of hydrogen-bond acceptors (Lipinski definition) is 8. The molecule has 3 aromatic carbocycles. The van der Waals surface area contributed by atoms with Crippen LogP contribution in [0.4, 0.5) is 16.2 Å². The maximum atomic E-state index is 12.0. The number of nitrogens with zero attached hydrogens (tertiary/aromatic N) is 2. The van der Waals surface area contributed by atoms with Crippen molar-refractivity contribution in [3.63, 3.8) is 0 Å². The summed E-state index contributed by atoms with van der Waals surface area (Å²) in [5, 5.41) is 6.77. The van der Waals surface area contributed by atoms with Crippen LogP contribution in [0.25, 0.3) is 0 Å². The van der Waals surface area contributed by atoms with E-state index in [9.17, 15) is 24.0 Å². The number of fused-ring (bicyclic) bond motifs is 2. The van der Waals surface area contributed by atoms with E-state index >= 15 is 0 Å². The zero-order valence-electron chi connectivity index (χ0n) is 31.5. The second-order valence-corrected chi connectivity index (χ2v) is 15.3. The van der Waals surface area contributed by atoms with E-state index in [2.05, 4.69) is 95.3 Å². The highest BCUT2D eigenvalue weighted by Gasteiger charge is 2.48. The highest BCUT2D eigenvalue weighted by atomic mass is 32.2. The molecule has 3 aliphatic heterocycles. The van der Waals surface area contributed by atoms with Gasteiger partial charge in [-0.3, -0.25) is 35.1 Å². The van der Waals surface area contributed by atoms with Crippen LogP contribution in [-0.2, 0) is 24.6 Å². The normalized spacial score (nSPS) is 19.6. The van der Waals surface area contributed by atoms with Gasteiger partial charge in [-0.05, 0) is 88.9 Å². The first-order valence-electron chi connectivity index (χ1n) is 18.1. The van der Waals surface area contributed by atoms with Crippen LogP contribution in [0.3, 0.4) is 0 Å². The summed E-state index contributed by atoms with van der Waals surface area (Å²) in [6.45, 7) is 11.1. The van der Waals surface area contributed by atoms with Gasteiger partial charge in [0.15, 0.2) is 0 Å². The second kappa shape index (κ2) is 17.8. The van der Waals surface area contributed by atoms with Crippen molar-refractivity contribution in [3.05, 3.63) is 84.4 Å². The Hall–Kier alpha value is -4.48. The molecular weight excluding hydrogens is 675 g/mol. The van der Waals surface area contributed by atoms with E-state index in [0.717, 1.165) is 24.9 Å². The summed E-state index contributed by atoms with van der Waals surface area (Å²) in [4.78, 5) is 65.2. The third-order valence-electron chi connectivity index (χ3n) is 10.3. The average Bonchev–Trinajstić information content (AvgIpc) is 3.12. The first-order valence-corrected chi connectivity index (χ1v) is 19.0. The minimum Gasteiger partial charge on any atom is -0.338 e. The first kappa shape index (κ1) is 40.3. The Morgan fingerprint density at radius 2 is 1.27 bits per heavy atom. The number of amides is 6. The number of benzene rings is 3. The highest BCUT2D eigenvalue weighted by molar-refractivity contribution is 7.99. The molecule has 2 unspecified atom stereocenters. The largest absolute Gasteiger partial charge is 0.338 e. The fourth-order valence-electron chi connectivity index (χ4n) is 6.57. The van der Waals surface area contributed by atoms with Crippen molar-refractivity contribution in [2.75, 3.05) is 25.5 Å². The molecule has 2 saturated heterocycles. The Morgan fingerprint density at radius 1 is 0.731 bits per heavy atom. The molecule has 0 radical (unpaired) electrons. The Balaban J connectivity index is 0.000000176. The van der Waals surface area contributed by atoms with Crippen molar-refractivity contribution in [2.45, 2.75) is 94.4 Å². The van der Waals surface area contributed by atoms with Crippen molar-refractivity contribution >= 4 is 52.8 Å². The lowest BCUT2D eigenvalue weighted by atomic mass is 9.72. The van der Waals surface area contributed by atoms with Crippen LogP contribution in [0.1, 0.15) is 78.7 Å². The predicted octanol–water partition coefficient (Wildman–Crippen LogP) is 7.20. The molecule has 0 aliphatic carbocycles. The maximum Gasteiger partial charge on any atom is 0.328 e. The number of likely N-dealkylation sites (N-methyl/N-ethyl adjacent to an activating group) is 1. The van der Waals surface area contributed by atoms with Crippen molar-refractivity contribution in [2.24, 2.45) is 11.3 Å². The van der Waals surface area contributed by atoms with E-state index in [1.807, 2.05) is 62.9 Å². The van der Waals surface area contributed by atoms with Crippen LogP contribution >= 0.6 is 11.8 Å². The van der Waals surface area contributed by atoms with Gasteiger partial charge < -0.3 is 9.80 Å². The third kappa shape index (κ3) is 9.11. The summed E-state index contributed by atoms with van der Waals surface area (Å²) in [5.74, 6) is -0.835. The first-order chi connectivity index (χ1) is 24.8. The quantitative estimate of drug-likeness (QED) is 0.156. The Morgan fingerprint density at radius 3 is 1.75 bits per heavy atom. The molecule has 0 bridgehead atoms. The van der Waals surface area contributed by atoms with Crippen molar-refractivity contribution < 1.29 is 24.0 Å². The molecule has 3 heterocycles. The van der Waals surface area contributed by atoms with E-state index in [0.29, 0.717) is 37.6 Å². The molecule has 0 aromatic heterocycles. The minimum absolute atomic E-state index is 0.155. The number of carbonyl (C=O) groups excluding carboxylic acids is 5. The zero-order chi connectivity index (χ0) is 38.1. The number of imide groups is 3. The number of piperidine rings is 1. The number of hydrogen-bond donors (Lipinski definition) is 3. The summed E-state index contributed by atoms with van der Waals surface area (Å²) in [5.41, 5.74) is 2.06. The average molecular weight is 728 g/mol. The topological polar surface area (TPSA) is 128 Å². The summed E-state index contributed by atoms with van der Waals surface area (Å²) in [7, 11) is 4.28. The number of urea groups is 1. The molecule has 2 fully saturated rings. The van der Waals surface area contributed by atoms with Gasteiger partial charge in [0.05, 0.1) is 16.8 Å². The molecule has 11 heteroatoms. The van der Waals surface area contributed by atoms with Gasteiger partial charge in [0.2, 0.25) is 23.6 Å². The smallest absolute Gasteiger partial charge is 0.328 e. The summed E-state index contributed by atoms with van der Waals surface area (Å²) in [6.07, 6.45) is 3.42. The van der Waals surface area contributed by atoms with E-state index < -0.39 is 28.7 Å². The molecule has 2 atom stereocenters. The molecule has 3 aromatic rings. The van der Waals surface area contributed by atoms with Crippen LogP contribution in [-0.4, -0.2) is 61.2 Å².